The van der Waals surface area contributed by atoms with Crippen LogP contribution in [0.1, 0.15) is 21.5 Å². The molecule has 0 radical (unpaired) electrons. The molecule has 3 aromatic carbocycles. The maximum absolute atomic E-state index is 12.8. The van der Waals surface area contributed by atoms with Crippen LogP contribution in [0.4, 0.5) is 10.5 Å². The van der Waals surface area contributed by atoms with Crippen molar-refractivity contribution < 1.29 is 19.3 Å². The summed E-state index contributed by atoms with van der Waals surface area (Å²) in [5.41, 5.74) is 1.71. The molecule has 0 bridgehead atoms. The Labute approximate surface area is 214 Å². The minimum Gasteiger partial charge on any atom is -0.292 e. The fourth-order valence-electron chi connectivity index (χ4n) is 3.24. The largest absolute Gasteiger partial charge is 0.293 e. The Morgan fingerprint density at radius 3 is 2.43 bits per heavy atom. The summed E-state index contributed by atoms with van der Waals surface area (Å²) in [4.78, 5) is 51.2. The number of imide groups is 1. The van der Waals surface area contributed by atoms with Crippen molar-refractivity contribution in [2.45, 2.75) is 16.7 Å². The van der Waals surface area contributed by atoms with Crippen LogP contribution >= 0.6 is 35.1 Å². The zero-order valence-electron chi connectivity index (χ0n) is 18.3. The van der Waals surface area contributed by atoms with E-state index in [1.165, 1.54) is 36.0 Å². The molecule has 1 saturated heterocycles. The van der Waals surface area contributed by atoms with Gasteiger partial charge in [-0.05, 0) is 72.8 Å². The first-order valence-corrected chi connectivity index (χ1v) is 12.3. The minimum absolute atomic E-state index is 0.0899. The van der Waals surface area contributed by atoms with E-state index in [0.717, 1.165) is 15.4 Å². The van der Waals surface area contributed by atoms with Crippen molar-refractivity contribution >= 4 is 63.8 Å². The highest BCUT2D eigenvalue weighted by Crippen LogP contribution is 2.37. The van der Waals surface area contributed by atoms with E-state index in [9.17, 15) is 24.5 Å². The van der Waals surface area contributed by atoms with Crippen molar-refractivity contribution in [3.63, 3.8) is 0 Å². The van der Waals surface area contributed by atoms with Gasteiger partial charge in [-0.2, -0.15) is 0 Å². The molecule has 176 valence electrons. The van der Waals surface area contributed by atoms with Gasteiger partial charge in [-0.3, -0.25) is 29.4 Å². The van der Waals surface area contributed by atoms with Gasteiger partial charge >= 0.3 is 0 Å². The Hall–Kier alpha value is -3.40. The first kappa shape index (κ1) is 24.7. The third-order valence-electron chi connectivity index (χ3n) is 5.07. The first-order valence-electron chi connectivity index (χ1n) is 10.3. The van der Waals surface area contributed by atoms with Gasteiger partial charge in [0.1, 0.15) is 0 Å². The Kier molecular flexibility index (Phi) is 7.39. The summed E-state index contributed by atoms with van der Waals surface area (Å²) >= 11 is 7.79. The fraction of sp³-hybridized carbons (Fsp3) is 0.0800. The van der Waals surface area contributed by atoms with Crippen LogP contribution in [-0.2, 0) is 4.79 Å². The molecule has 0 atom stereocenters. The molecule has 4 rings (SSSR count). The van der Waals surface area contributed by atoms with Crippen LogP contribution in [0.5, 0.6) is 0 Å². The van der Waals surface area contributed by atoms with Crippen LogP contribution < -0.4 is 0 Å². The number of carbonyl (C=O) groups is 3. The van der Waals surface area contributed by atoms with Crippen molar-refractivity contribution in [3.05, 3.63) is 103 Å². The second kappa shape index (κ2) is 10.5. The zero-order chi connectivity index (χ0) is 25.1. The van der Waals surface area contributed by atoms with E-state index >= 15 is 0 Å². The predicted octanol–water partition coefficient (Wildman–Crippen LogP) is 6.63. The number of aryl methyl sites for hydroxylation is 1. The molecule has 3 aromatic rings. The van der Waals surface area contributed by atoms with Crippen molar-refractivity contribution in [2.75, 3.05) is 6.54 Å². The van der Waals surface area contributed by atoms with Crippen LogP contribution in [0.25, 0.3) is 6.08 Å². The number of thioether (sulfide) groups is 1. The standard InChI is InChI=1S/C25H17ClN2O5S2/c1-15-2-9-19(10-3-15)34-22-11-4-16(12-20(22)28(32)33)13-23-24(30)27(25(31)35-23)14-21(29)17-5-7-18(26)8-6-17/h2-13H,14H2,1H3/b23-13-. The second-order valence-electron chi connectivity index (χ2n) is 7.60. The van der Waals surface area contributed by atoms with E-state index in [2.05, 4.69) is 0 Å². The highest BCUT2D eigenvalue weighted by Gasteiger charge is 2.36. The van der Waals surface area contributed by atoms with Gasteiger partial charge in [0.05, 0.1) is 21.3 Å². The molecule has 7 nitrogen and oxygen atoms in total. The number of ketones is 1. The quantitative estimate of drug-likeness (QED) is 0.148. The van der Waals surface area contributed by atoms with E-state index in [0.29, 0.717) is 32.8 Å². The average Bonchev–Trinajstić information content (AvgIpc) is 3.09. The highest BCUT2D eigenvalue weighted by atomic mass is 35.5. The van der Waals surface area contributed by atoms with Gasteiger partial charge in [0, 0.05) is 21.5 Å². The van der Waals surface area contributed by atoms with Crippen LogP contribution in [-0.4, -0.2) is 33.3 Å². The molecule has 0 spiro atoms. The number of nitro benzene ring substituents is 1. The lowest BCUT2D eigenvalue weighted by molar-refractivity contribution is -0.387. The predicted molar refractivity (Wildman–Crippen MR) is 137 cm³/mol. The Bertz CT molecular complexity index is 1370. The fourth-order valence-corrected chi connectivity index (χ4v) is 5.11. The molecule has 0 aromatic heterocycles. The monoisotopic (exact) mass is 524 g/mol. The molecule has 0 saturated carbocycles. The smallest absolute Gasteiger partial charge is 0.292 e. The SMILES string of the molecule is Cc1ccc(Sc2ccc(/C=C3\SC(=O)N(CC(=O)c4ccc(Cl)cc4)C3=O)cc2[N+](=O)[O-])cc1. The molecular weight excluding hydrogens is 508 g/mol. The highest BCUT2D eigenvalue weighted by molar-refractivity contribution is 8.18. The lowest BCUT2D eigenvalue weighted by Crippen LogP contribution is -2.33. The number of nitro groups is 1. The third-order valence-corrected chi connectivity index (χ3v) is 7.30. The summed E-state index contributed by atoms with van der Waals surface area (Å²) in [6, 6.07) is 18.4. The van der Waals surface area contributed by atoms with E-state index < -0.39 is 28.4 Å². The molecule has 35 heavy (non-hydrogen) atoms. The zero-order valence-corrected chi connectivity index (χ0v) is 20.7. The van der Waals surface area contributed by atoms with Crippen LogP contribution in [0.15, 0.2) is 81.4 Å². The van der Waals surface area contributed by atoms with Gasteiger partial charge in [0.25, 0.3) is 16.8 Å². The summed E-state index contributed by atoms with van der Waals surface area (Å²) in [7, 11) is 0. The summed E-state index contributed by atoms with van der Waals surface area (Å²) < 4.78 is 0. The summed E-state index contributed by atoms with van der Waals surface area (Å²) in [5, 5.41) is 11.6. The number of halogens is 1. The maximum Gasteiger partial charge on any atom is 0.293 e. The Morgan fingerprint density at radius 2 is 1.77 bits per heavy atom. The average molecular weight is 525 g/mol. The number of Topliss-reactive ketones (excluding diaryl/α,β-unsaturated/α-hetero) is 1. The Morgan fingerprint density at radius 1 is 1.09 bits per heavy atom. The lowest BCUT2D eigenvalue weighted by atomic mass is 10.1. The molecule has 1 aliphatic heterocycles. The lowest BCUT2D eigenvalue weighted by Gasteiger charge is -2.11. The van der Waals surface area contributed by atoms with Crippen LogP contribution in [0, 0.1) is 17.0 Å². The molecule has 10 heteroatoms. The molecule has 1 heterocycles. The van der Waals surface area contributed by atoms with Crippen molar-refractivity contribution in [2.24, 2.45) is 0 Å². The van der Waals surface area contributed by atoms with Gasteiger partial charge in [-0.1, -0.05) is 47.1 Å². The molecule has 1 fully saturated rings. The normalized spacial score (nSPS) is 14.6. The summed E-state index contributed by atoms with van der Waals surface area (Å²) in [5.74, 6) is -1.03. The van der Waals surface area contributed by atoms with Crippen molar-refractivity contribution in [1.29, 1.82) is 0 Å². The maximum atomic E-state index is 12.8. The van der Waals surface area contributed by atoms with E-state index in [1.54, 1.807) is 24.3 Å². The molecule has 0 N–H and O–H groups in total. The van der Waals surface area contributed by atoms with Gasteiger partial charge in [-0.15, -0.1) is 0 Å². The van der Waals surface area contributed by atoms with Crippen molar-refractivity contribution in [1.82, 2.24) is 4.90 Å². The van der Waals surface area contributed by atoms with Gasteiger partial charge in [0.2, 0.25) is 0 Å². The number of rotatable bonds is 7. The molecule has 1 aliphatic rings. The van der Waals surface area contributed by atoms with Crippen LogP contribution in [0.2, 0.25) is 5.02 Å². The molecular formula is C25H17ClN2O5S2. The molecule has 2 amide bonds. The van der Waals surface area contributed by atoms with E-state index in [-0.39, 0.29) is 10.6 Å². The van der Waals surface area contributed by atoms with Crippen molar-refractivity contribution in [3.8, 4) is 0 Å². The number of hydrogen-bond acceptors (Lipinski definition) is 7. The van der Waals surface area contributed by atoms with Gasteiger partial charge in [-0.25, -0.2) is 0 Å². The number of amides is 2. The number of hydrogen-bond donors (Lipinski definition) is 0. The number of carbonyl (C=O) groups excluding carboxylic acids is 3. The van der Waals surface area contributed by atoms with E-state index in [4.69, 9.17) is 11.6 Å². The molecule has 0 unspecified atom stereocenters. The van der Waals surface area contributed by atoms with Crippen LogP contribution in [0.3, 0.4) is 0 Å². The number of benzene rings is 3. The minimum atomic E-state index is -0.622. The molecule has 0 aliphatic carbocycles. The van der Waals surface area contributed by atoms with Gasteiger partial charge < -0.3 is 0 Å². The second-order valence-corrected chi connectivity index (χ2v) is 10.1. The number of nitrogens with zero attached hydrogens (tertiary/aromatic N) is 2. The topological polar surface area (TPSA) is 97.6 Å². The third kappa shape index (κ3) is 5.82. The van der Waals surface area contributed by atoms with E-state index in [1.807, 2.05) is 31.2 Å². The Balaban J connectivity index is 1.54. The van der Waals surface area contributed by atoms with Gasteiger partial charge in [0.15, 0.2) is 5.78 Å². The summed E-state index contributed by atoms with van der Waals surface area (Å²) in [6.45, 7) is 1.55. The first-order chi connectivity index (χ1) is 16.7. The summed E-state index contributed by atoms with van der Waals surface area (Å²) in [6.07, 6.45) is 1.42.